The molecule has 1 atom stereocenters. The Balaban J connectivity index is 1.52. The average Bonchev–Trinajstić information content (AvgIpc) is 3.30. The number of nitrogens with zero attached hydrogens (tertiary/aromatic N) is 2. The van der Waals surface area contributed by atoms with E-state index in [1.165, 1.54) is 5.56 Å². The molecule has 1 amide bonds. The Bertz CT molecular complexity index is 813. The molecule has 0 fully saturated rings. The lowest BCUT2D eigenvalue weighted by atomic mass is 10.1. The van der Waals surface area contributed by atoms with E-state index in [-0.39, 0.29) is 11.9 Å². The van der Waals surface area contributed by atoms with Gasteiger partial charge in [0.15, 0.2) is 0 Å². The molecular weight excluding hydrogens is 362 g/mol. The van der Waals surface area contributed by atoms with Crippen LogP contribution < -0.4 is 5.32 Å². The van der Waals surface area contributed by atoms with Crippen LogP contribution >= 0.6 is 22.7 Å². The maximum absolute atomic E-state index is 12.3. The lowest BCUT2D eigenvalue weighted by molar-refractivity contribution is -0.120. The highest BCUT2D eigenvalue weighted by molar-refractivity contribution is 7.14. The van der Waals surface area contributed by atoms with Gasteiger partial charge in [-0.15, -0.1) is 11.3 Å². The Kier molecular flexibility index (Phi) is 6.55. The molecule has 3 rings (SSSR count). The number of hydrogen-bond acceptors (Lipinski definition) is 5. The number of benzene rings is 1. The highest BCUT2D eigenvalue weighted by atomic mass is 32.1. The molecule has 0 aliphatic heterocycles. The SMILES string of the molecule is CN(C)C(CNC(=O)Cc1csc(-c2ccsc2)n1)Cc1ccccc1. The molecule has 0 bridgehead atoms. The van der Waals surface area contributed by atoms with Crippen molar-refractivity contribution in [3.8, 4) is 10.6 Å². The van der Waals surface area contributed by atoms with Gasteiger partial charge in [-0.05, 0) is 37.5 Å². The third kappa shape index (κ3) is 5.24. The molecule has 1 aromatic carbocycles. The molecule has 2 aromatic heterocycles. The van der Waals surface area contributed by atoms with Gasteiger partial charge in [-0.3, -0.25) is 4.79 Å². The smallest absolute Gasteiger partial charge is 0.226 e. The van der Waals surface area contributed by atoms with Gasteiger partial charge in [-0.2, -0.15) is 11.3 Å². The van der Waals surface area contributed by atoms with E-state index >= 15 is 0 Å². The van der Waals surface area contributed by atoms with Crippen LogP contribution in [0.2, 0.25) is 0 Å². The Labute approximate surface area is 162 Å². The summed E-state index contributed by atoms with van der Waals surface area (Å²) in [6.07, 6.45) is 1.24. The first-order chi connectivity index (χ1) is 12.6. The predicted octanol–water partition coefficient (Wildman–Crippen LogP) is 3.70. The van der Waals surface area contributed by atoms with Gasteiger partial charge in [-0.1, -0.05) is 30.3 Å². The highest BCUT2D eigenvalue weighted by Crippen LogP contribution is 2.25. The van der Waals surface area contributed by atoms with Gasteiger partial charge >= 0.3 is 0 Å². The third-order valence-corrected chi connectivity index (χ3v) is 5.86. The maximum atomic E-state index is 12.3. The van der Waals surface area contributed by atoms with Crippen molar-refractivity contribution in [2.45, 2.75) is 18.9 Å². The lowest BCUT2D eigenvalue weighted by Gasteiger charge is -2.24. The summed E-state index contributed by atoms with van der Waals surface area (Å²) < 4.78 is 0. The van der Waals surface area contributed by atoms with E-state index in [0.717, 1.165) is 22.7 Å². The number of hydrogen-bond donors (Lipinski definition) is 1. The fraction of sp³-hybridized carbons (Fsp3) is 0.300. The molecule has 0 spiro atoms. The summed E-state index contributed by atoms with van der Waals surface area (Å²) in [5, 5.41) is 10.1. The quantitative estimate of drug-likeness (QED) is 0.643. The van der Waals surface area contributed by atoms with Crippen molar-refractivity contribution in [2.75, 3.05) is 20.6 Å². The number of amides is 1. The zero-order valence-electron chi connectivity index (χ0n) is 15.0. The van der Waals surface area contributed by atoms with Crippen molar-refractivity contribution in [1.82, 2.24) is 15.2 Å². The number of rotatable bonds is 8. The van der Waals surface area contributed by atoms with Gasteiger partial charge in [0.25, 0.3) is 0 Å². The van der Waals surface area contributed by atoms with E-state index in [4.69, 9.17) is 0 Å². The van der Waals surface area contributed by atoms with E-state index in [1.807, 2.05) is 43.1 Å². The molecule has 0 saturated carbocycles. The first-order valence-corrected chi connectivity index (χ1v) is 10.4. The number of thiazole rings is 1. The van der Waals surface area contributed by atoms with Crippen LogP contribution in [0.4, 0.5) is 0 Å². The topological polar surface area (TPSA) is 45.2 Å². The Morgan fingerprint density at radius 2 is 2.00 bits per heavy atom. The summed E-state index contributed by atoms with van der Waals surface area (Å²) in [7, 11) is 4.10. The minimum Gasteiger partial charge on any atom is -0.354 e. The van der Waals surface area contributed by atoms with Crippen LogP contribution in [0.3, 0.4) is 0 Å². The Hall–Kier alpha value is -2.02. The average molecular weight is 386 g/mol. The summed E-state index contributed by atoms with van der Waals surface area (Å²) in [5.41, 5.74) is 3.24. The van der Waals surface area contributed by atoms with E-state index in [9.17, 15) is 4.79 Å². The van der Waals surface area contributed by atoms with Gasteiger partial charge in [0, 0.05) is 28.9 Å². The molecule has 26 heavy (non-hydrogen) atoms. The number of aromatic nitrogens is 1. The zero-order valence-corrected chi connectivity index (χ0v) is 16.6. The number of carbonyl (C=O) groups is 1. The van der Waals surface area contributed by atoms with Crippen molar-refractivity contribution in [1.29, 1.82) is 0 Å². The molecule has 136 valence electrons. The van der Waals surface area contributed by atoms with Gasteiger partial charge < -0.3 is 10.2 Å². The van der Waals surface area contributed by atoms with Crippen LogP contribution in [0.1, 0.15) is 11.3 Å². The van der Waals surface area contributed by atoms with Crippen LogP contribution in [-0.2, 0) is 17.6 Å². The van der Waals surface area contributed by atoms with Crippen molar-refractivity contribution in [3.63, 3.8) is 0 Å². The predicted molar refractivity (Wildman–Crippen MR) is 110 cm³/mol. The molecule has 2 heterocycles. The number of nitrogens with one attached hydrogen (secondary N) is 1. The number of thiophene rings is 1. The van der Waals surface area contributed by atoms with E-state index in [1.54, 1.807) is 22.7 Å². The van der Waals surface area contributed by atoms with Crippen LogP contribution in [0.15, 0.2) is 52.5 Å². The fourth-order valence-electron chi connectivity index (χ4n) is 2.69. The normalized spacial score (nSPS) is 12.3. The molecule has 0 radical (unpaired) electrons. The van der Waals surface area contributed by atoms with Gasteiger partial charge in [-0.25, -0.2) is 4.98 Å². The standard InChI is InChI=1S/C20H23N3OS2/c1-23(2)18(10-15-6-4-3-5-7-15)12-21-19(24)11-17-14-26-20(22-17)16-8-9-25-13-16/h3-9,13-14,18H,10-12H2,1-2H3,(H,21,24). The molecule has 1 N–H and O–H groups in total. The Morgan fingerprint density at radius 3 is 2.69 bits per heavy atom. The first kappa shape index (κ1) is 18.8. The highest BCUT2D eigenvalue weighted by Gasteiger charge is 2.15. The first-order valence-electron chi connectivity index (χ1n) is 8.56. The molecule has 4 nitrogen and oxygen atoms in total. The number of carbonyl (C=O) groups excluding carboxylic acids is 1. The van der Waals surface area contributed by atoms with Gasteiger partial charge in [0.1, 0.15) is 5.01 Å². The van der Waals surface area contributed by atoms with Crippen molar-refractivity contribution in [2.24, 2.45) is 0 Å². The van der Waals surface area contributed by atoms with Crippen molar-refractivity contribution in [3.05, 3.63) is 63.8 Å². The molecule has 0 saturated heterocycles. The fourth-order valence-corrected chi connectivity index (χ4v) is 4.22. The van der Waals surface area contributed by atoms with Crippen LogP contribution in [0.5, 0.6) is 0 Å². The van der Waals surface area contributed by atoms with Crippen LogP contribution in [-0.4, -0.2) is 42.5 Å². The molecule has 0 aliphatic carbocycles. The number of likely N-dealkylation sites (N-methyl/N-ethyl adjacent to an activating group) is 1. The largest absolute Gasteiger partial charge is 0.354 e. The summed E-state index contributed by atoms with van der Waals surface area (Å²) in [5.74, 6) is 0.0204. The summed E-state index contributed by atoms with van der Waals surface area (Å²) in [6.45, 7) is 0.627. The molecule has 1 unspecified atom stereocenters. The van der Waals surface area contributed by atoms with Gasteiger partial charge in [0.05, 0.1) is 12.1 Å². The van der Waals surface area contributed by atoms with E-state index in [2.05, 4.69) is 38.8 Å². The van der Waals surface area contributed by atoms with Gasteiger partial charge in [0.2, 0.25) is 5.91 Å². The van der Waals surface area contributed by atoms with Crippen LogP contribution in [0, 0.1) is 0 Å². The molecule has 3 aromatic rings. The monoisotopic (exact) mass is 385 g/mol. The summed E-state index contributed by atoms with van der Waals surface area (Å²) in [4.78, 5) is 19.1. The Morgan fingerprint density at radius 1 is 1.19 bits per heavy atom. The van der Waals surface area contributed by atoms with E-state index < -0.39 is 0 Å². The second-order valence-electron chi connectivity index (χ2n) is 6.44. The molecule has 0 aliphatic rings. The van der Waals surface area contributed by atoms with E-state index in [0.29, 0.717) is 13.0 Å². The minimum atomic E-state index is 0.0204. The second-order valence-corrected chi connectivity index (χ2v) is 8.08. The minimum absolute atomic E-state index is 0.0204. The molecule has 6 heteroatoms. The third-order valence-electron chi connectivity index (χ3n) is 4.24. The van der Waals surface area contributed by atoms with Crippen LogP contribution in [0.25, 0.3) is 10.6 Å². The maximum Gasteiger partial charge on any atom is 0.226 e. The lowest BCUT2D eigenvalue weighted by Crippen LogP contribution is -2.42. The molecular formula is C20H23N3OS2. The zero-order chi connectivity index (χ0) is 18.4. The summed E-state index contributed by atoms with van der Waals surface area (Å²) in [6, 6.07) is 12.7. The second kappa shape index (κ2) is 9.07. The van der Waals surface area contributed by atoms with Crippen molar-refractivity contribution >= 4 is 28.6 Å². The van der Waals surface area contributed by atoms with Crippen molar-refractivity contribution < 1.29 is 4.79 Å². The summed E-state index contributed by atoms with van der Waals surface area (Å²) >= 11 is 3.24.